The molecule has 0 amide bonds. The molecule has 0 fully saturated rings. The van der Waals surface area contributed by atoms with Crippen molar-refractivity contribution in [2.75, 3.05) is 0 Å². The van der Waals surface area contributed by atoms with Gasteiger partial charge >= 0.3 is 0 Å². The lowest BCUT2D eigenvalue weighted by Crippen LogP contribution is -1.78. The maximum atomic E-state index is 6.00. The summed E-state index contributed by atoms with van der Waals surface area (Å²) in [4.78, 5) is 0. The van der Waals surface area contributed by atoms with Gasteiger partial charge in [-0.15, -0.1) is 10.2 Å². The molecule has 1 aromatic rings. The molecular formula is C3H5N3O2. The molecule has 0 aromatic carbocycles. The van der Waals surface area contributed by atoms with Gasteiger partial charge in [0.2, 0.25) is 0 Å². The van der Waals surface area contributed by atoms with Crippen molar-refractivity contribution in [3.8, 4) is 0 Å². The van der Waals surface area contributed by atoms with E-state index in [2.05, 4.69) is 15.4 Å². The third-order valence-corrected chi connectivity index (χ3v) is 0.409. The molecule has 0 aliphatic rings. The second-order valence-electron chi connectivity index (χ2n) is 0.811. The Kier molecular flexibility index (Phi) is 5.14. The molecule has 0 aliphatic heterocycles. The largest absolute Gasteiger partial charge is 0.255 e. The van der Waals surface area contributed by atoms with Crippen LogP contribution in [0, 0.1) is 0 Å². The Labute approximate surface area is 45.6 Å². The number of aromatic nitrogens is 3. The first-order chi connectivity index (χ1) is 4.00. The zero-order chi connectivity index (χ0) is 6.24. The van der Waals surface area contributed by atoms with Crippen LogP contribution >= 0.6 is 0 Å². The van der Waals surface area contributed by atoms with Gasteiger partial charge in [-0.25, -0.2) is 0 Å². The van der Waals surface area contributed by atoms with E-state index in [-0.39, 0.29) is 0 Å². The van der Waals surface area contributed by atoms with E-state index in [4.69, 9.17) is 10.5 Å². The molecule has 1 aromatic heterocycles. The van der Waals surface area contributed by atoms with Crippen molar-refractivity contribution < 1.29 is 10.5 Å². The normalized spacial score (nSPS) is 6.75. The molecule has 44 valence electrons. The van der Waals surface area contributed by atoms with Gasteiger partial charge in [-0.3, -0.25) is 10.5 Å². The lowest BCUT2D eigenvalue weighted by atomic mass is 10.7. The molecule has 0 radical (unpaired) electrons. The Balaban J connectivity index is 0.000000222. The maximum absolute atomic E-state index is 6.00. The molecule has 0 spiro atoms. The standard InChI is InChI=1S/C3H3N3.H2O2/c1-2-4-6-5-3-1;1-2/h1-3H;1-2H. The Morgan fingerprint density at radius 2 is 1.50 bits per heavy atom. The molecule has 1 heterocycles. The fraction of sp³-hybridized carbons (Fsp3) is 0. The summed E-state index contributed by atoms with van der Waals surface area (Å²) in [7, 11) is 0. The predicted molar refractivity (Wildman–Crippen MR) is 25.1 cm³/mol. The molecule has 0 saturated carbocycles. The maximum Gasteiger partial charge on any atom is 0.0529 e. The van der Waals surface area contributed by atoms with Gasteiger partial charge < -0.3 is 0 Å². The Hall–Kier alpha value is -1.07. The summed E-state index contributed by atoms with van der Waals surface area (Å²) in [5, 5.41) is 22.1. The number of nitrogens with zero attached hydrogens (tertiary/aromatic N) is 3. The van der Waals surface area contributed by atoms with E-state index >= 15 is 0 Å². The fourth-order valence-corrected chi connectivity index (χ4v) is 0.205. The third kappa shape index (κ3) is 3.13. The minimum atomic E-state index is 1.58. The van der Waals surface area contributed by atoms with Gasteiger partial charge in [0.05, 0.1) is 12.4 Å². The van der Waals surface area contributed by atoms with E-state index in [1.807, 2.05) is 0 Å². The zero-order valence-electron chi connectivity index (χ0n) is 3.97. The highest BCUT2D eigenvalue weighted by Crippen LogP contribution is 1.61. The average Bonchev–Trinajstić information content (AvgIpc) is 1.96. The first-order valence-corrected chi connectivity index (χ1v) is 1.78. The summed E-state index contributed by atoms with van der Waals surface area (Å²) >= 11 is 0. The minimum Gasteiger partial charge on any atom is -0.255 e. The molecule has 0 aliphatic carbocycles. The van der Waals surface area contributed by atoms with E-state index in [9.17, 15) is 0 Å². The SMILES string of the molecule is OO.c1cnnnc1. The number of hydrogen-bond acceptors (Lipinski definition) is 5. The molecular weight excluding hydrogens is 110 g/mol. The zero-order valence-corrected chi connectivity index (χ0v) is 3.97. The molecule has 8 heavy (non-hydrogen) atoms. The molecule has 0 unspecified atom stereocenters. The van der Waals surface area contributed by atoms with Gasteiger partial charge in [0.25, 0.3) is 0 Å². The van der Waals surface area contributed by atoms with Crippen molar-refractivity contribution in [1.82, 2.24) is 15.4 Å². The molecule has 0 bridgehead atoms. The molecule has 2 N–H and O–H groups in total. The monoisotopic (exact) mass is 115 g/mol. The van der Waals surface area contributed by atoms with E-state index in [0.29, 0.717) is 0 Å². The summed E-state index contributed by atoms with van der Waals surface area (Å²) in [5.74, 6) is 0. The highest BCUT2D eigenvalue weighted by atomic mass is 17.0. The first kappa shape index (κ1) is 6.93. The second-order valence-corrected chi connectivity index (χ2v) is 0.811. The van der Waals surface area contributed by atoms with Crippen LogP contribution in [0.4, 0.5) is 0 Å². The van der Waals surface area contributed by atoms with Gasteiger partial charge in [-0.1, -0.05) is 0 Å². The van der Waals surface area contributed by atoms with Gasteiger partial charge in [0.15, 0.2) is 0 Å². The van der Waals surface area contributed by atoms with Gasteiger partial charge in [0.1, 0.15) is 0 Å². The Bertz CT molecular complexity index is 84.5. The Morgan fingerprint density at radius 3 is 1.62 bits per heavy atom. The number of hydrogen-bond donors (Lipinski definition) is 2. The van der Waals surface area contributed by atoms with Crippen LogP contribution in [-0.2, 0) is 0 Å². The first-order valence-electron chi connectivity index (χ1n) is 1.78. The van der Waals surface area contributed by atoms with E-state index in [1.54, 1.807) is 18.5 Å². The topological polar surface area (TPSA) is 79.1 Å². The quantitative estimate of drug-likeness (QED) is 0.364. The number of rotatable bonds is 0. The minimum absolute atomic E-state index is 1.58. The van der Waals surface area contributed by atoms with Crippen molar-refractivity contribution in [3.05, 3.63) is 18.5 Å². The summed E-state index contributed by atoms with van der Waals surface area (Å²) in [5.41, 5.74) is 0. The van der Waals surface area contributed by atoms with Crippen LogP contribution in [0.1, 0.15) is 0 Å². The third-order valence-electron chi connectivity index (χ3n) is 0.409. The Morgan fingerprint density at radius 1 is 1.00 bits per heavy atom. The lowest BCUT2D eigenvalue weighted by molar-refractivity contribution is -0.176. The van der Waals surface area contributed by atoms with Crippen LogP contribution in [0.3, 0.4) is 0 Å². The lowest BCUT2D eigenvalue weighted by Gasteiger charge is -1.68. The predicted octanol–water partition coefficient (Wildman–Crippen LogP) is -0.111. The van der Waals surface area contributed by atoms with Crippen LogP contribution in [0.5, 0.6) is 0 Å². The highest BCUT2D eigenvalue weighted by Gasteiger charge is 1.60. The molecule has 0 atom stereocenters. The van der Waals surface area contributed by atoms with E-state index < -0.39 is 0 Å². The van der Waals surface area contributed by atoms with Crippen molar-refractivity contribution in [3.63, 3.8) is 0 Å². The van der Waals surface area contributed by atoms with Crippen LogP contribution in [0.2, 0.25) is 0 Å². The van der Waals surface area contributed by atoms with Gasteiger partial charge in [0, 0.05) is 0 Å². The van der Waals surface area contributed by atoms with Gasteiger partial charge in [-0.2, -0.15) is 0 Å². The fourth-order valence-electron chi connectivity index (χ4n) is 0.205. The van der Waals surface area contributed by atoms with Crippen molar-refractivity contribution >= 4 is 0 Å². The molecule has 1 rings (SSSR count). The van der Waals surface area contributed by atoms with E-state index in [0.717, 1.165) is 0 Å². The average molecular weight is 115 g/mol. The molecule has 5 nitrogen and oxygen atoms in total. The molecule has 5 heteroatoms. The van der Waals surface area contributed by atoms with E-state index in [1.165, 1.54) is 0 Å². The van der Waals surface area contributed by atoms with Crippen molar-refractivity contribution in [2.24, 2.45) is 0 Å². The van der Waals surface area contributed by atoms with Crippen LogP contribution in [-0.4, -0.2) is 25.9 Å². The van der Waals surface area contributed by atoms with Crippen LogP contribution < -0.4 is 0 Å². The van der Waals surface area contributed by atoms with Crippen molar-refractivity contribution in [2.45, 2.75) is 0 Å². The second kappa shape index (κ2) is 5.93. The van der Waals surface area contributed by atoms with Crippen LogP contribution in [0.25, 0.3) is 0 Å². The molecule has 0 saturated heterocycles. The summed E-state index contributed by atoms with van der Waals surface area (Å²) in [6, 6.07) is 1.72. The van der Waals surface area contributed by atoms with Crippen molar-refractivity contribution in [1.29, 1.82) is 0 Å². The van der Waals surface area contributed by atoms with Gasteiger partial charge in [-0.05, 0) is 11.3 Å². The summed E-state index contributed by atoms with van der Waals surface area (Å²) < 4.78 is 0. The summed E-state index contributed by atoms with van der Waals surface area (Å²) in [6.07, 6.45) is 3.15. The highest BCUT2D eigenvalue weighted by molar-refractivity contribution is 4.69. The smallest absolute Gasteiger partial charge is 0.0529 e. The summed E-state index contributed by atoms with van der Waals surface area (Å²) in [6.45, 7) is 0. The van der Waals surface area contributed by atoms with Crippen LogP contribution in [0.15, 0.2) is 18.5 Å².